The van der Waals surface area contributed by atoms with Gasteiger partial charge in [-0.05, 0) is 18.6 Å². The van der Waals surface area contributed by atoms with E-state index in [1.807, 2.05) is 31.2 Å². The molecular weight excluding hydrogens is 364 g/mol. The average molecular weight is 383 g/mol. The number of carbonyl (C=O) groups is 2. The molecule has 6 nitrogen and oxygen atoms in total. The predicted octanol–water partition coefficient (Wildman–Crippen LogP) is 2.51. The Morgan fingerprint density at radius 2 is 2.09 bits per heavy atom. The quantitative estimate of drug-likeness (QED) is 0.585. The Kier molecular flexibility index (Phi) is 6.18. The Bertz CT molecular complexity index is 605. The number of urea groups is 1. The summed E-state index contributed by atoms with van der Waals surface area (Å²) in [5.41, 5.74) is 1.10. The third kappa shape index (κ3) is 4.33. The number of benzene rings is 1. The fourth-order valence-corrected chi connectivity index (χ4v) is 2.92. The summed E-state index contributed by atoms with van der Waals surface area (Å²) in [6.07, 6.45) is 0. The number of hydrogen-bond acceptors (Lipinski definition) is 4. The molecule has 1 aromatic carbocycles. The Hall–Kier alpha value is -1.86. The standard InChI is InChI=1S/C16H19BrN2O4/c1-3-22-8-9-23-15(20)13-10(2)18-16(21)19-14(13)11-6-4-5-7-12(11)17/h4-7,13-14H,2-3,8-9H2,1H3,(H2,18,19,21)/t13-,14+/m1/s1. The molecule has 1 heterocycles. The van der Waals surface area contributed by atoms with E-state index in [4.69, 9.17) is 9.47 Å². The lowest BCUT2D eigenvalue weighted by atomic mass is 9.89. The van der Waals surface area contributed by atoms with Gasteiger partial charge in [-0.25, -0.2) is 4.79 Å². The van der Waals surface area contributed by atoms with Crippen molar-refractivity contribution in [2.24, 2.45) is 5.92 Å². The monoisotopic (exact) mass is 382 g/mol. The van der Waals surface area contributed by atoms with Gasteiger partial charge >= 0.3 is 12.0 Å². The van der Waals surface area contributed by atoms with E-state index in [-0.39, 0.29) is 6.61 Å². The summed E-state index contributed by atoms with van der Waals surface area (Å²) in [6, 6.07) is 6.45. The van der Waals surface area contributed by atoms with E-state index in [1.54, 1.807) is 0 Å². The van der Waals surface area contributed by atoms with E-state index in [9.17, 15) is 9.59 Å². The van der Waals surface area contributed by atoms with Crippen molar-refractivity contribution in [1.82, 2.24) is 10.6 Å². The van der Waals surface area contributed by atoms with E-state index in [0.29, 0.717) is 18.9 Å². The molecule has 1 fully saturated rings. The zero-order valence-electron chi connectivity index (χ0n) is 12.8. The molecule has 2 rings (SSSR count). The first kappa shape index (κ1) is 17.5. The molecule has 2 N–H and O–H groups in total. The highest BCUT2D eigenvalue weighted by Crippen LogP contribution is 2.34. The molecular formula is C16H19BrN2O4. The van der Waals surface area contributed by atoms with Gasteiger partial charge in [0.25, 0.3) is 0 Å². The number of carbonyl (C=O) groups excluding carboxylic acids is 2. The van der Waals surface area contributed by atoms with Crippen LogP contribution in [0.15, 0.2) is 41.0 Å². The van der Waals surface area contributed by atoms with Crippen LogP contribution in [0.1, 0.15) is 18.5 Å². The van der Waals surface area contributed by atoms with Crippen LogP contribution in [0.3, 0.4) is 0 Å². The van der Waals surface area contributed by atoms with Crippen molar-refractivity contribution in [3.05, 3.63) is 46.6 Å². The lowest BCUT2D eigenvalue weighted by Gasteiger charge is -2.33. The molecule has 0 aromatic heterocycles. The van der Waals surface area contributed by atoms with Crippen LogP contribution >= 0.6 is 15.9 Å². The van der Waals surface area contributed by atoms with Crippen molar-refractivity contribution in [3.8, 4) is 0 Å². The SMILES string of the molecule is C=C1NC(=O)N[C@@H](c2ccccc2Br)[C@@H]1C(=O)OCCOCC. The minimum Gasteiger partial charge on any atom is -0.463 e. The molecule has 7 heteroatoms. The normalized spacial score (nSPS) is 20.6. The van der Waals surface area contributed by atoms with Crippen LogP contribution < -0.4 is 10.6 Å². The largest absolute Gasteiger partial charge is 0.463 e. The number of hydrogen-bond donors (Lipinski definition) is 2. The van der Waals surface area contributed by atoms with Crippen LogP contribution in [-0.2, 0) is 14.3 Å². The van der Waals surface area contributed by atoms with Gasteiger partial charge in [-0.2, -0.15) is 0 Å². The van der Waals surface area contributed by atoms with E-state index in [0.717, 1.165) is 10.0 Å². The first-order chi connectivity index (χ1) is 11.0. The van der Waals surface area contributed by atoms with Gasteiger partial charge in [-0.15, -0.1) is 0 Å². The van der Waals surface area contributed by atoms with Gasteiger partial charge in [-0.1, -0.05) is 40.7 Å². The summed E-state index contributed by atoms with van der Waals surface area (Å²) >= 11 is 3.45. The smallest absolute Gasteiger partial charge is 0.319 e. The van der Waals surface area contributed by atoms with Gasteiger partial charge in [0.2, 0.25) is 0 Å². The maximum atomic E-state index is 12.4. The topological polar surface area (TPSA) is 76.7 Å². The zero-order valence-corrected chi connectivity index (χ0v) is 14.4. The summed E-state index contributed by atoms with van der Waals surface area (Å²) in [5, 5.41) is 5.30. The highest BCUT2D eigenvalue weighted by Gasteiger charge is 2.39. The lowest BCUT2D eigenvalue weighted by Crippen LogP contribution is -2.51. The molecule has 1 aliphatic heterocycles. The minimum absolute atomic E-state index is 0.160. The molecule has 1 aromatic rings. The molecule has 2 atom stereocenters. The van der Waals surface area contributed by atoms with E-state index < -0.39 is 24.0 Å². The molecule has 0 saturated carbocycles. The third-order valence-corrected chi connectivity index (χ3v) is 4.16. The average Bonchev–Trinajstić information content (AvgIpc) is 2.51. The molecule has 124 valence electrons. The maximum absolute atomic E-state index is 12.4. The van der Waals surface area contributed by atoms with E-state index in [2.05, 4.69) is 33.1 Å². The Morgan fingerprint density at radius 1 is 1.35 bits per heavy atom. The van der Waals surface area contributed by atoms with Crippen molar-refractivity contribution < 1.29 is 19.1 Å². The first-order valence-corrected chi connectivity index (χ1v) is 8.09. The molecule has 0 radical (unpaired) electrons. The lowest BCUT2D eigenvalue weighted by molar-refractivity contribution is -0.150. The number of nitrogens with one attached hydrogen (secondary N) is 2. The van der Waals surface area contributed by atoms with Gasteiger partial charge in [0.15, 0.2) is 0 Å². The molecule has 1 aliphatic rings. The summed E-state index contributed by atoms with van der Waals surface area (Å²) in [4.78, 5) is 24.2. The molecule has 2 amide bonds. The van der Waals surface area contributed by atoms with Gasteiger partial charge in [-0.3, -0.25) is 4.79 Å². The van der Waals surface area contributed by atoms with E-state index >= 15 is 0 Å². The summed E-state index contributed by atoms with van der Waals surface area (Å²) in [6.45, 7) is 6.72. The van der Waals surface area contributed by atoms with Gasteiger partial charge < -0.3 is 20.1 Å². The first-order valence-electron chi connectivity index (χ1n) is 7.29. The second kappa shape index (κ2) is 8.12. The third-order valence-electron chi connectivity index (χ3n) is 3.44. The highest BCUT2D eigenvalue weighted by molar-refractivity contribution is 9.10. The summed E-state index contributed by atoms with van der Waals surface area (Å²) in [7, 11) is 0. The second-order valence-corrected chi connectivity index (χ2v) is 5.82. The Balaban J connectivity index is 2.19. The number of ether oxygens (including phenoxy) is 2. The van der Waals surface area contributed by atoms with Crippen molar-refractivity contribution >= 4 is 27.9 Å². The van der Waals surface area contributed by atoms with Gasteiger partial charge in [0.1, 0.15) is 12.5 Å². The van der Waals surface area contributed by atoms with Gasteiger partial charge in [0, 0.05) is 16.8 Å². The summed E-state index contributed by atoms with van der Waals surface area (Å²) < 4.78 is 11.2. The highest BCUT2D eigenvalue weighted by atomic mass is 79.9. The maximum Gasteiger partial charge on any atom is 0.319 e. The van der Waals surface area contributed by atoms with Crippen LogP contribution in [0.2, 0.25) is 0 Å². The van der Waals surface area contributed by atoms with Crippen molar-refractivity contribution in [2.45, 2.75) is 13.0 Å². The summed E-state index contributed by atoms with van der Waals surface area (Å²) in [5.74, 6) is -1.17. The van der Waals surface area contributed by atoms with Gasteiger partial charge in [0.05, 0.1) is 12.6 Å². The molecule has 1 saturated heterocycles. The fraction of sp³-hybridized carbons (Fsp3) is 0.375. The van der Waals surface area contributed by atoms with Crippen LogP contribution in [0, 0.1) is 5.92 Å². The van der Waals surface area contributed by atoms with Crippen LogP contribution in [0.4, 0.5) is 4.79 Å². The fourth-order valence-electron chi connectivity index (χ4n) is 2.38. The number of amides is 2. The van der Waals surface area contributed by atoms with Crippen molar-refractivity contribution in [3.63, 3.8) is 0 Å². The number of rotatable bonds is 6. The number of esters is 1. The van der Waals surface area contributed by atoms with Crippen LogP contribution in [-0.4, -0.2) is 31.8 Å². The van der Waals surface area contributed by atoms with Crippen molar-refractivity contribution in [2.75, 3.05) is 19.8 Å². The predicted molar refractivity (Wildman–Crippen MR) is 88.6 cm³/mol. The van der Waals surface area contributed by atoms with E-state index in [1.165, 1.54) is 0 Å². The Labute approximate surface area is 143 Å². The second-order valence-electron chi connectivity index (χ2n) is 4.96. The molecule has 23 heavy (non-hydrogen) atoms. The minimum atomic E-state index is -0.715. The molecule has 0 aliphatic carbocycles. The molecule has 0 bridgehead atoms. The number of halogens is 1. The zero-order chi connectivity index (χ0) is 16.8. The molecule has 0 unspecified atom stereocenters. The van der Waals surface area contributed by atoms with Crippen LogP contribution in [0.5, 0.6) is 0 Å². The van der Waals surface area contributed by atoms with Crippen molar-refractivity contribution in [1.29, 1.82) is 0 Å². The van der Waals surface area contributed by atoms with Crippen LogP contribution in [0.25, 0.3) is 0 Å². The molecule has 0 spiro atoms. The Morgan fingerprint density at radius 3 is 2.78 bits per heavy atom.